The van der Waals surface area contributed by atoms with Crippen LogP contribution in [0.15, 0.2) is 39.9 Å². The minimum atomic E-state index is -1.45. The first-order chi connectivity index (χ1) is 10.3. The Balaban J connectivity index is 3.25. The monoisotopic (exact) mass is 314 g/mol. The van der Waals surface area contributed by atoms with Gasteiger partial charge in [-0.25, -0.2) is 13.6 Å². The topological polar surface area (TPSA) is 109 Å². The summed E-state index contributed by atoms with van der Waals surface area (Å²) in [6, 6.07) is 2.43. The number of methoxy groups -OCH3 is 1. The zero-order valence-corrected chi connectivity index (χ0v) is 11.6. The number of hydrogen-bond acceptors (Lipinski definition) is 6. The molecule has 9 heteroatoms. The van der Waals surface area contributed by atoms with E-state index in [-0.39, 0.29) is 0 Å². The lowest BCUT2D eigenvalue weighted by Crippen LogP contribution is -2.17. The van der Waals surface area contributed by atoms with Crippen molar-refractivity contribution in [1.29, 1.82) is 0 Å². The number of benzene rings is 1. The molecular weight excluding hydrogens is 302 g/mol. The molecule has 0 aliphatic heterocycles. The van der Waals surface area contributed by atoms with Gasteiger partial charge in [0, 0.05) is 6.07 Å². The molecule has 0 saturated heterocycles. The second-order valence-corrected chi connectivity index (χ2v) is 4.08. The molecule has 1 aromatic rings. The maximum absolute atomic E-state index is 13.4. The van der Waals surface area contributed by atoms with Crippen LogP contribution in [-0.2, 0) is 14.3 Å². The second kappa shape index (κ2) is 7.25. The van der Waals surface area contributed by atoms with Crippen LogP contribution >= 0.6 is 0 Å². The van der Waals surface area contributed by atoms with E-state index in [1.165, 1.54) is 0 Å². The number of rotatable bonds is 5. The Hall–Kier alpha value is -2.84. The van der Waals surface area contributed by atoms with E-state index in [1.54, 1.807) is 0 Å². The molecule has 22 heavy (non-hydrogen) atoms. The molecule has 1 aromatic carbocycles. The summed E-state index contributed by atoms with van der Waals surface area (Å²) in [7, 11) is 0.981. The highest BCUT2D eigenvalue weighted by Gasteiger charge is 2.25. The van der Waals surface area contributed by atoms with Crippen LogP contribution in [0.25, 0.3) is 0 Å². The highest BCUT2D eigenvalue weighted by atomic mass is 19.1. The molecule has 0 fully saturated rings. The first kappa shape index (κ1) is 17.2. The Bertz CT molecular complexity index is 658. The summed E-state index contributed by atoms with van der Waals surface area (Å²) >= 11 is 0. The number of hydrogen-bond donors (Lipinski definition) is 2. The maximum atomic E-state index is 13.4. The Kier molecular flexibility index (Phi) is 5.67. The van der Waals surface area contributed by atoms with Crippen LogP contribution in [0.5, 0.6) is 0 Å². The Morgan fingerprint density at radius 2 is 1.91 bits per heavy atom. The van der Waals surface area contributed by atoms with E-state index < -0.39 is 46.6 Å². The molecule has 1 atom stereocenters. The van der Waals surface area contributed by atoms with Crippen molar-refractivity contribution in [3.05, 3.63) is 41.3 Å². The van der Waals surface area contributed by atoms with Gasteiger partial charge in [-0.15, -0.1) is 10.2 Å². The summed E-state index contributed by atoms with van der Waals surface area (Å²) in [4.78, 5) is 22.3. The van der Waals surface area contributed by atoms with Crippen LogP contribution in [0, 0.1) is 17.6 Å². The minimum Gasteiger partial charge on any atom is -0.509 e. The quantitative estimate of drug-likeness (QED) is 0.376. The van der Waals surface area contributed by atoms with Gasteiger partial charge in [0.1, 0.15) is 23.2 Å². The highest BCUT2D eigenvalue weighted by Crippen LogP contribution is 2.22. The summed E-state index contributed by atoms with van der Waals surface area (Å²) in [6.07, 6.45) is 0. The minimum absolute atomic E-state index is 0.404. The van der Waals surface area contributed by atoms with Gasteiger partial charge in [-0.3, -0.25) is 4.79 Å². The molecule has 118 valence electrons. The first-order valence-electron chi connectivity index (χ1n) is 5.89. The van der Waals surface area contributed by atoms with Gasteiger partial charge < -0.3 is 14.9 Å². The van der Waals surface area contributed by atoms with Crippen molar-refractivity contribution in [1.82, 2.24) is 0 Å². The molecule has 1 unspecified atom stereocenters. The molecule has 0 heterocycles. The van der Waals surface area contributed by atoms with Crippen molar-refractivity contribution < 1.29 is 33.3 Å². The summed E-state index contributed by atoms with van der Waals surface area (Å²) in [6.45, 7) is 1.11. The number of nitrogens with zero attached hydrogens (tertiary/aromatic N) is 2. The third kappa shape index (κ3) is 4.08. The molecule has 0 aliphatic carbocycles. The van der Waals surface area contributed by atoms with Crippen LogP contribution < -0.4 is 0 Å². The Labute approximate surface area is 123 Å². The normalized spacial score (nSPS) is 13.6. The first-order valence-corrected chi connectivity index (χ1v) is 5.89. The maximum Gasteiger partial charge on any atom is 0.362 e. The number of ether oxygens (including phenoxy) is 1. The number of carbonyl (C=O) groups excluding carboxylic acids is 1. The third-order valence-electron chi connectivity index (χ3n) is 2.57. The molecular formula is C13H12F2N2O5. The zero-order valence-electron chi connectivity index (χ0n) is 11.6. The van der Waals surface area contributed by atoms with Gasteiger partial charge in [0.05, 0.1) is 7.11 Å². The van der Waals surface area contributed by atoms with Gasteiger partial charge in [0.25, 0.3) is 0 Å². The number of azo groups is 1. The van der Waals surface area contributed by atoms with Gasteiger partial charge in [-0.05, 0) is 19.1 Å². The number of carboxylic acid groups (broad SMARTS) is 1. The van der Waals surface area contributed by atoms with E-state index in [0.29, 0.717) is 6.07 Å². The fraction of sp³-hybridized carbons (Fsp3) is 0.231. The van der Waals surface area contributed by atoms with Crippen LogP contribution in [0.2, 0.25) is 0 Å². The van der Waals surface area contributed by atoms with Crippen molar-refractivity contribution in [3.63, 3.8) is 0 Å². The smallest absolute Gasteiger partial charge is 0.362 e. The van der Waals surface area contributed by atoms with Crippen molar-refractivity contribution >= 4 is 17.6 Å². The predicted octanol–water partition coefficient (Wildman–Crippen LogP) is 2.71. The summed E-state index contributed by atoms with van der Waals surface area (Å²) < 4.78 is 30.5. The highest BCUT2D eigenvalue weighted by molar-refractivity contribution is 5.89. The lowest BCUT2D eigenvalue weighted by atomic mass is 10.1. The average molecular weight is 314 g/mol. The second-order valence-electron chi connectivity index (χ2n) is 4.08. The molecule has 1 rings (SSSR count). The Morgan fingerprint density at radius 3 is 2.41 bits per heavy atom. The standard InChI is InChI=1S/C13H12F2N2O5/c1-6(12(19)20)11(18)10(13(21)22-2)17-16-9-4-3-7(14)5-8(9)15/h3-6,18H,1-2H3,(H,19,20). The molecule has 0 bridgehead atoms. The lowest BCUT2D eigenvalue weighted by Gasteiger charge is -2.07. The van der Waals surface area contributed by atoms with Crippen LogP contribution in [0.4, 0.5) is 14.5 Å². The van der Waals surface area contributed by atoms with E-state index in [1.807, 2.05) is 0 Å². The van der Waals surface area contributed by atoms with Crippen molar-refractivity contribution in [2.45, 2.75) is 6.92 Å². The number of carboxylic acids is 1. The third-order valence-corrected chi connectivity index (χ3v) is 2.57. The fourth-order valence-electron chi connectivity index (χ4n) is 1.28. The van der Waals surface area contributed by atoms with Crippen LogP contribution in [0.3, 0.4) is 0 Å². The molecule has 0 aliphatic rings. The van der Waals surface area contributed by atoms with E-state index >= 15 is 0 Å². The summed E-state index contributed by atoms with van der Waals surface area (Å²) in [5.74, 6) is -6.79. The summed E-state index contributed by atoms with van der Waals surface area (Å²) in [5.41, 5.74) is -1.19. The number of aliphatic carboxylic acids is 1. The van der Waals surface area contributed by atoms with E-state index in [2.05, 4.69) is 15.0 Å². The molecule has 0 amide bonds. The zero-order chi connectivity index (χ0) is 16.9. The van der Waals surface area contributed by atoms with E-state index in [0.717, 1.165) is 26.2 Å². The van der Waals surface area contributed by atoms with E-state index in [9.17, 15) is 23.5 Å². The Morgan fingerprint density at radius 1 is 1.27 bits per heavy atom. The summed E-state index contributed by atoms with van der Waals surface area (Å²) in [5, 5.41) is 25.2. The van der Waals surface area contributed by atoms with Gasteiger partial charge >= 0.3 is 11.9 Å². The van der Waals surface area contributed by atoms with Gasteiger partial charge in [-0.1, -0.05) is 0 Å². The lowest BCUT2D eigenvalue weighted by molar-refractivity contribution is -0.140. The van der Waals surface area contributed by atoms with Gasteiger partial charge in [0.15, 0.2) is 5.82 Å². The van der Waals surface area contributed by atoms with Crippen molar-refractivity contribution in [2.75, 3.05) is 7.11 Å². The van der Waals surface area contributed by atoms with Crippen LogP contribution in [0.1, 0.15) is 6.92 Å². The van der Waals surface area contributed by atoms with Crippen molar-refractivity contribution in [2.24, 2.45) is 16.1 Å². The van der Waals surface area contributed by atoms with Crippen molar-refractivity contribution in [3.8, 4) is 0 Å². The molecule has 0 radical (unpaired) electrons. The number of aliphatic hydroxyl groups is 1. The van der Waals surface area contributed by atoms with E-state index in [4.69, 9.17) is 5.11 Å². The predicted molar refractivity (Wildman–Crippen MR) is 69.3 cm³/mol. The fourth-order valence-corrected chi connectivity index (χ4v) is 1.28. The average Bonchev–Trinajstić information content (AvgIpc) is 2.47. The molecule has 0 aromatic heterocycles. The molecule has 0 saturated carbocycles. The molecule has 0 spiro atoms. The largest absolute Gasteiger partial charge is 0.509 e. The number of carbonyl (C=O) groups is 2. The number of esters is 1. The molecule has 2 N–H and O–H groups in total. The number of aliphatic hydroxyl groups excluding tert-OH is 1. The SMILES string of the molecule is COC(=O)C(N=Nc1ccc(F)cc1F)=C(O)C(C)C(=O)O. The van der Waals surface area contributed by atoms with Gasteiger partial charge in [-0.2, -0.15) is 0 Å². The molecule has 7 nitrogen and oxygen atoms in total. The van der Waals surface area contributed by atoms with Crippen LogP contribution in [-0.4, -0.2) is 29.3 Å². The van der Waals surface area contributed by atoms with Gasteiger partial charge in [0.2, 0.25) is 5.70 Å². The number of halogens is 2.